The average molecular weight is 350 g/mol. The van der Waals surface area contributed by atoms with Crippen molar-refractivity contribution in [3.05, 3.63) is 23.2 Å². The zero-order valence-corrected chi connectivity index (χ0v) is 14.8. The van der Waals surface area contributed by atoms with Crippen molar-refractivity contribution in [1.29, 1.82) is 0 Å². The van der Waals surface area contributed by atoms with Crippen LogP contribution in [-0.2, 0) is 11.2 Å². The molecule has 1 aliphatic rings. The van der Waals surface area contributed by atoms with Crippen molar-refractivity contribution in [2.45, 2.75) is 6.42 Å². The van der Waals surface area contributed by atoms with Crippen LogP contribution in [0.15, 0.2) is 18.2 Å². The summed E-state index contributed by atoms with van der Waals surface area (Å²) in [5.74, 6) is 1.46. The molecule has 0 atom stereocenters. The number of hydrogen-bond donors (Lipinski definition) is 1. The summed E-state index contributed by atoms with van der Waals surface area (Å²) >= 11 is 1.57. The number of anilines is 2. The van der Waals surface area contributed by atoms with Gasteiger partial charge in [0.05, 0.1) is 27.4 Å². The Morgan fingerprint density at radius 2 is 1.83 bits per heavy atom. The van der Waals surface area contributed by atoms with Gasteiger partial charge in [-0.15, -0.1) is 10.2 Å². The van der Waals surface area contributed by atoms with E-state index in [1.54, 1.807) is 25.6 Å². The van der Waals surface area contributed by atoms with Gasteiger partial charge in [-0.1, -0.05) is 11.3 Å². The summed E-state index contributed by atoms with van der Waals surface area (Å²) < 4.78 is 15.9. The number of morpholine rings is 1. The number of hydrogen-bond acceptors (Lipinski definition) is 8. The van der Waals surface area contributed by atoms with Crippen molar-refractivity contribution in [1.82, 2.24) is 15.1 Å². The number of rotatable bonds is 7. The van der Waals surface area contributed by atoms with Crippen molar-refractivity contribution < 1.29 is 14.2 Å². The number of ether oxygens (including phenoxy) is 3. The van der Waals surface area contributed by atoms with Crippen LogP contribution in [0.4, 0.5) is 10.8 Å². The molecule has 0 radical (unpaired) electrons. The van der Waals surface area contributed by atoms with E-state index in [4.69, 9.17) is 14.2 Å². The Balaban J connectivity index is 1.59. The molecular weight excluding hydrogens is 328 g/mol. The number of methoxy groups -OCH3 is 2. The predicted octanol–water partition coefficient (Wildman–Crippen LogP) is 2.17. The first kappa shape index (κ1) is 16.9. The van der Waals surface area contributed by atoms with E-state index in [2.05, 4.69) is 20.4 Å². The van der Waals surface area contributed by atoms with Gasteiger partial charge >= 0.3 is 0 Å². The molecule has 1 aromatic heterocycles. The maximum absolute atomic E-state index is 5.36. The molecule has 2 heterocycles. The average Bonchev–Trinajstić information content (AvgIpc) is 3.07. The van der Waals surface area contributed by atoms with Crippen LogP contribution in [0.5, 0.6) is 11.5 Å². The number of benzene rings is 1. The van der Waals surface area contributed by atoms with Gasteiger partial charge in [0.25, 0.3) is 0 Å². The first-order valence-electron chi connectivity index (χ1n) is 7.89. The monoisotopic (exact) mass is 350 g/mol. The van der Waals surface area contributed by atoms with Crippen LogP contribution >= 0.6 is 11.3 Å². The zero-order chi connectivity index (χ0) is 16.8. The van der Waals surface area contributed by atoms with E-state index < -0.39 is 0 Å². The number of nitrogens with one attached hydrogen (secondary N) is 1. The van der Waals surface area contributed by atoms with Gasteiger partial charge in [-0.2, -0.15) is 0 Å². The molecule has 2 aromatic rings. The normalized spacial score (nSPS) is 15.2. The molecule has 7 nitrogen and oxygen atoms in total. The van der Waals surface area contributed by atoms with Gasteiger partial charge in [-0.25, -0.2) is 0 Å². The Labute approximate surface area is 145 Å². The Morgan fingerprint density at radius 1 is 1.12 bits per heavy atom. The Bertz CT molecular complexity index is 636. The van der Waals surface area contributed by atoms with Gasteiger partial charge in [0, 0.05) is 49.9 Å². The lowest BCUT2D eigenvalue weighted by atomic mass is 10.3. The Kier molecular flexibility index (Phi) is 5.84. The lowest BCUT2D eigenvalue weighted by Gasteiger charge is -2.25. The third-order valence-corrected chi connectivity index (χ3v) is 4.71. The maximum atomic E-state index is 5.36. The van der Waals surface area contributed by atoms with Gasteiger partial charge in [0.2, 0.25) is 5.13 Å². The van der Waals surface area contributed by atoms with E-state index >= 15 is 0 Å². The highest BCUT2D eigenvalue weighted by Crippen LogP contribution is 2.29. The molecule has 0 aliphatic carbocycles. The molecule has 130 valence electrons. The van der Waals surface area contributed by atoms with Gasteiger partial charge in [0.1, 0.15) is 16.5 Å². The van der Waals surface area contributed by atoms with E-state index in [0.29, 0.717) is 0 Å². The Hall–Kier alpha value is -1.90. The van der Waals surface area contributed by atoms with E-state index in [-0.39, 0.29) is 0 Å². The van der Waals surface area contributed by atoms with E-state index in [1.807, 2.05) is 18.2 Å². The molecule has 0 spiro atoms. The first-order chi connectivity index (χ1) is 11.8. The molecule has 24 heavy (non-hydrogen) atoms. The largest absolute Gasteiger partial charge is 0.497 e. The topological polar surface area (TPSA) is 68.7 Å². The van der Waals surface area contributed by atoms with Crippen molar-refractivity contribution in [2.24, 2.45) is 0 Å². The highest BCUT2D eigenvalue weighted by molar-refractivity contribution is 7.15. The summed E-state index contributed by atoms with van der Waals surface area (Å²) in [6.45, 7) is 4.62. The molecule has 0 saturated carbocycles. The molecule has 0 bridgehead atoms. The molecular formula is C16H22N4O3S. The van der Waals surface area contributed by atoms with Crippen LogP contribution in [0.2, 0.25) is 0 Å². The van der Waals surface area contributed by atoms with E-state index in [9.17, 15) is 0 Å². The maximum Gasteiger partial charge on any atom is 0.210 e. The molecule has 1 aliphatic heterocycles. The quantitative estimate of drug-likeness (QED) is 0.821. The summed E-state index contributed by atoms with van der Waals surface area (Å²) in [5.41, 5.74) is 0.863. The third-order valence-electron chi connectivity index (χ3n) is 3.82. The summed E-state index contributed by atoms with van der Waals surface area (Å²) in [7, 11) is 3.26. The highest BCUT2D eigenvalue weighted by atomic mass is 32.1. The van der Waals surface area contributed by atoms with Gasteiger partial charge < -0.3 is 19.5 Å². The smallest absolute Gasteiger partial charge is 0.210 e. The van der Waals surface area contributed by atoms with E-state index in [0.717, 1.165) is 66.6 Å². The standard InChI is InChI=1S/C16H22N4O3S/c1-21-13-9-12(10-14(11-13)22-2)17-16-19-18-15(24-16)3-4-20-5-7-23-8-6-20/h9-11H,3-8H2,1-2H3,(H,17,19). The van der Waals surface area contributed by atoms with Crippen LogP contribution in [0.1, 0.15) is 5.01 Å². The van der Waals surface area contributed by atoms with Gasteiger partial charge in [0.15, 0.2) is 0 Å². The second-order valence-corrected chi connectivity index (χ2v) is 6.49. The fraction of sp³-hybridized carbons (Fsp3) is 0.500. The fourth-order valence-electron chi connectivity index (χ4n) is 2.49. The van der Waals surface area contributed by atoms with Crippen molar-refractivity contribution in [2.75, 3.05) is 52.4 Å². The molecule has 1 aromatic carbocycles. The summed E-state index contributed by atoms with van der Waals surface area (Å²) in [5, 5.41) is 13.5. The Morgan fingerprint density at radius 3 is 2.50 bits per heavy atom. The predicted molar refractivity (Wildman–Crippen MR) is 93.7 cm³/mol. The van der Waals surface area contributed by atoms with Crippen LogP contribution in [0.3, 0.4) is 0 Å². The van der Waals surface area contributed by atoms with Crippen molar-refractivity contribution >= 4 is 22.2 Å². The first-order valence-corrected chi connectivity index (χ1v) is 8.71. The molecule has 0 amide bonds. The lowest BCUT2D eigenvalue weighted by Crippen LogP contribution is -2.37. The molecule has 8 heteroatoms. The second kappa shape index (κ2) is 8.27. The second-order valence-electron chi connectivity index (χ2n) is 5.43. The van der Waals surface area contributed by atoms with Crippen LogP contribution in [0, 0.1) is 0 Å². The minimum atomic E-state index is 0.730. The number of aromatic nitrogens is 2. The van der Waals surface area contributed by atoms with Crippen molar-refractivity contribution in [3.63, 3.8) is 0 Å². The molecule has 0 unspecified atom stereocenters. The van der Waals surface area contributed by atoms with Gasteiger partial charge in [-0.05, 0) is 0 Å². The lowest BCUT2D eigenvalue weighted by molar-refractivity contribution is 0.0384. The minimum absolute atomic E-state index is 0.730. The SMILES string of the molecule is COc1cc(Nc2nnc(CCN3CCOCC3)s2)cc(OC)c1. The number of nitrogens with zero attached hydrogens (tertiary/aromatic N) is 3. The van der Waals surface area contributed by atoms with Crippen molar-refractivity contribution in [3.8, 4) is 11.5 Å². The summed E-state index contributed by atoms with van der Waals surface area (Å²) in [4.78, 5) is 2.39. The third kappa shape index (κ3) is 4.56. The zero-order valence-electron chi connectivity index (χ0n) is 13.9. The van der Waals surface area contributed by atoms with Crippen LogP contribution < -0.4 is 14.8 Å². The van der Waals surface area contributed by atoms with Crippen LogP contribution in [-0.4, -0.2) is 62.2 Å². The summed E-state index contributed by atoms with van der Waals surface area (Å²) in [6.07, 6.45) is 0.904. The van der Waals surface area contributed by atoms with Crippen LogP contribution in [0.25, 0.3) is 0 Å². The summed E-state index contributed by atoms with van der Waals surface area (Å²) in [6, 6.07) is 5.63. The minimum Gasteiger partial charge on any atom is -0.497 e. The molecule has 1 N–H and O–H groups in total. The molecule has 1 saturated heterocycles. The molecule has 3 rings (SSSR count). The highest BCUT2D eigenvalue weighted by Gasteiger charge is 2.12. The van der Waals surface area contributed by atoms with Gasteiger partial charge in [-0.3, -0.25) is 4.90 Å². The fourth-order valence-corrected chi connectivity index (χ4v) is 3.24. The molecule has 1 fully saturated rings. The van der Waals surface area contributed by atoms with E-state index in [1.165, 1.54) is 0 Å².